The highest BCUT2D eigenvalue weighted by molar-refractivity contribution is 6.35. The van der Waals surface area contributed by atoms with Crippen molar-refractivity contribution in [2.24, 2.45) is 0 Å². The molecule has 0 radical (unpaired) electrons. The Bertz CT molecular complexity index is 722. The zero-order valence-electron chi connectivity index (χ0n) is 11.4. The summed E-state index contributed by atoms with van der Waals surface area (Å²) in [5, 5.41) is 10.2. The van der Waals surface area contributed by atoms with Crippen molar-refractivity contribution in [2.45, 2.75) is 19.9 Å². The number of carboxylic acids is 1. The summed E-state index contributed by atoms with van der Waals surface area (Å²) in [5.41, 5.74) is 1.12. The van der Waals surface area contributed by atoms with E-state index in [0.29, 0.717) is 15.6 Å². The molecule has 0 aliphatic heterocycles. The Morgan fingerprint density at radius 2 is 1.90 bits per heavy atom. The Hall–Kier alpha value is -1.78. The maximum Gasteiger partial charge on any atom is 0.352 e. The highest BCUT2D eigenvalue weighted by Gasteiger charge is 2.20. The van der Waals surface area contributed by atoms with Gasteiger partial charge in [0, 0.05) is 21.8 Å². The van der Waals surface area contributed by atoms with E-state index in [1.165, 1.54) is 23.8 Å². The molecule has 1 aromatic carbocycles. The van der Waals surface area contributed by atoms with Gasteiger partial charge in [0.25, 0.3) is 0 Å². The third kappa shape index (κ3) is 3.12. The summed E-state index contributed by atoms with van der Waals surface area (Å²) in [5.74, 6) is -1.29. The van der Waals surface area contributed by atoms with Gasteiger partial charge in [0.05, 0.1) is 6.04 Å². The molecule has 0 amide bonds. The molecule has 0 saturated heterocycles. The van der Waals surface area contributed by atoms with Crippen molar-refractivity contribution in [1.82, 2.24) is 4.57 Å². The van der Waals surface area contributed by atoms with Gasteiger partial charge < -0.3 is 9.67 Å². The normalized spacial score (nSPS) is 12.2. The first-order valence-corrected chi connectivity index (χ1v) is 6.98. The fourth-order valence-electron chi connectivity index (χ4n) is 2.15. The van der Waals surface area contributed by atoms with Gasteiger partial charge in [-0.1, -0.05) is 29.3 Å². The fourth-order valence-corrected chi connectivity index (χ4v) is 2.72. The third-order valence-corrected chi connectivity index (χ3v) is 3.87. The Morgan fingerprint density at radius 3 is 2.43 bits per heavy atom. The highest BCUT2D eigenvalue weighted by Crippen LogP contribution is 2.30. The first kappa shape index (κ1) is 15.6. The van der Waals surface area contributed by atoms with Crippen LogP contribution in [0, 0.1) is 0 Å². The number of halogens is 2. The van der Waals surface area contributed by atoms with Crippen molar-refractivity contribution in [1.29, 1.82) is 0 Å². The lowest BCUT2D eigenvalue weighted by Crippen LogP contribution is -2.13. The average Bonchev–Trinajstić information content (AvgIpc) is 2.83. The summed E-state index contributed by atoms with van der Waals surface area (Å²) >= 11 is 12.0. The van der Waals surface area contributed by atoms with Crippen LogP contribution in [0.5, 0.6) is 0 Å². The molecule has 110 valence electrons. The molecule has 1 heterocycles. The van der Waals surface area contributed by atoms with Crippen LogP contribution in [0.4, 0.5) is 0 Å². The van der Waals surface area contributed by atoms with Crippen molar-refractivity contribution in [3.8, 4) is 0 Å². The van der Waals surface area contributed by atoms with Crippen LogP contribution in [0.3, 0.4) is 0 Å². The van der Waals surface area contributed by atoms with E-state index in [1.54, 1.807) is 18.2 Å². The average molecular weight is 326 g/mol. The molecule has 1 N–H and O–H groups in total. The predicted octanol–water partition coefficient (Wildman–Crippen LogP) is 4.31. The molecule has 0 aliphatic rings. The van der Waals surface area contributed by atoms with Crippen LogP contribution in [0.2, 0.25) is 10.0 Å². The molecular formula is C15H13Cl2NO3. The van der Waals surface area contributed by atoms with Crippen molar-refractivity contribution >= 4 is 35.0 Å². The van der Waals surface area contributed by atoms with Gasteiger partial charge in [-0.15, -0.1) is 0 Å². The van der Waals surface area contributed by atoms with E-state index in [4.69, 9.17) is 23.2 Å². The van der Waals surface area contributed by atoms with Crippen molar-refractivity contribution in [2.75, 3.05) is 0 Å². The summed E-state index contributed by atoms with van der Waals surface area (Å²) in [4.78, 5) is 22.8. The lowest BCUT2D eigenvalue weighted by Gasteiger charge is -2.17. The maximum atomic E-state index is 11.5. The number of rotatable bonds is 4. The maximum absolute atomic E-state index is 11.5. The van der Waals surface area contributed by atoms with Crippen LogP contribution in [0.1, 0.15) is 46.3 Å². The smallest absolute Gasteiger partial charge is 0.352 e. The minimum Gasteiger partial charge on any atom is -0.477 e. The molecule has 1 atom stereocenters. The first-order valence-electron chi connectivity index (χ1n) is 6.22. The number of hydrogen-bond donors (Lipinski definition) is 1. The van der Waals surface area contributed by atoms with Crippen LogP contribution in [-0.4, -0.2) is 21.4 Å². The SMILES string of the molecule is CC(=O)c1cc(C(=O)O)n(C(C)c2ccc(Cl)cc2Cl)c1. The van der Waals surface area contributed by atoms with Crippen molar-refractivity contribution in [3.63, 3.8) is 0 Å². The highest BCUT2D eigenvalue weighted by atomic mass is 35.5. The lowest BCUT2D eigenvalue weighted by atomic mass is 10.1. The molecule has 1 aromatic heterocycles. The van der Waals surface area contributed by atoms with Gasteiger partial charge in [0.15, 0.2) is 5.78 Å². The summed E-state index contributed by atoms with van der Waals surface area (Å²) in [7, 11) is 0. The topological polar surface area (TPSA) is 59.3 Å². The van der Waals surface area contributed by atoms with Gasteiger partial charge in [0.1, 0.15) is 5.69 Å². The molecule has 21 heavy (non-hydrogen) atoms. The third-order valence-electron chi connectivity index (χ3n) is 3.30. The Labute approximate surface area is 131 Å². The van der Waals surface area contributed by atoms with Gasteiger partial charge >= 0.3 is 5.97 Å². The molecule has 1 unspecified atom stereocenters. The number of hydrogen-bond acceptors (Lipinski definition) is 2. The first-order chi connectivity index (χ1) is 9.81. The second-order valence-electron chi connectivity index (χ2n) is 4.72. The largest absolute Gasteiger partial charge is 0.477 e. The number of carbonyl (C=O) groups is 2. The van der Waals surface area contributed by atoms with E-state index in [0.717, 1.165) is 5.56 Å². The van der Waals surface area contributed by atoms with E-state index in [1.807, 2.05) is 6.92 Å². The fraction of sp³-hybridized carbons (Fsp3) is 0.200. The second kappa shape index (κ2) is 5.92. The number of ketones is 1. The number of Topliss-reactive ketones (excluding diaryl/α,β-unsaturated/α-hetero) is 1. The van der Waals surface area contributed by atoms with Gasteiger partial charge in [-0.2, -0.15) is 0 Å². The second-order valence-corrected chi connectivity index (χ2v) is 5.57. The molecular weight excluding hydrogens is 313 g/mol. The molecule has 0 saturated carbocycles. The molecule has 6 heteroatoms. The van der Waals surface area contributed by atoms with Crippen LogP contribution in [-0.2, 0) is 0 Å². The van der Waals surface area contributed by atoms with Gasteiger partial charge in [0.2, 0.25) is 0 Å². The minimum absolute atomic E-state index is 0.0405. The zero-order chi connectivity index (χ0) is 15.7. The Balaban J connectivity index is 2.54. The minimum atomic E-state index is -1.10. The van der Waals surface area contributed by atoms with Crippen molar-refractivity contribution in [3.05, 3.63) is 57.3 Å². The zero-order valence-corrected chi connectivity index (χ0v) is 12.9. The Morgan fingerprint density at radius 1 is 1.24 bits per heavy atom. The molecule has 0 bridgehead atoms. The quantitative estimate of drug-likeness (QED) is 0.852. The number of aromatic carboxylic acids is 1. The standard InChI is InChI=1S/C15H13Cl2NO3/c1-8(12-4-3-11(16)6-13(12)17)18-7-10(9(2)19)5-14(18)15(20)21/h3-8H,1-2H3,(H,20,21). The van der Waals surface area contributed by atoms with Crippen molar-refractivity contribution < 1.29 is 14.7 Å². The summed E-state index contributed by atoms with van der Waals surface area (Å²) in [6.45, 7) is 3.21. The van der Waals surface area contributed by atoms with Crippen LogP contribution >= 0.6 is 23.2 Å². The van der Waals surface area contributed by atoms with E-state index in [2.05, 4.69) is 0 Å². The van der Waals surface area contributed by atoms with E-state index < -0.39 is 5.97 Å². The molecule has 2 aromatic rings. The van der Waals surface area contributed by atoms with Crippen LogP contribution < -0.4 is 0 Å². The number of benzene rings is 1. The van der Waals surface area contributed by atoms with E-state index in [9.17, 15) is 14.7 Å². The number of carbonyl (C=O) groups excluding carboxylic acids is 1. The predicted molar refractivity (Wildman–Crippen MR) is 81.7 cm³/mol. The van der Waals surface area contributed by atoms with E-state index >= 15 is 0 Å². The van der Waals surface area contributed by atoms with Gasteiger partial charge in [-0.3, -0.25) is 4.79 Å². The number of carboxylic acid groups (broad SMARTS) is 1. The van der Waals surface area contributed by atoms with Crippen LogP contribution in [0.25, 0.3) is 0 Å². The monoisotopic (exact) mass is 325 g/mol. The summed E-state index contributed by atoms with van der Waals surface area (Å²) in [6.07, 6.45) is 1.53. The van der Waals surface area contributed by atoms with Gasteiger partial charge in [-0.05, 0) is 37.6 Å². The molecule has 4 nitrogen and oxygen atoms in total. The summed E-state index contributed by atoms with van der Waals surface area (Å²) < 4.78 is 1.52. The number of aromatic nitrogens is 1. The molecule has 0 spiro atoms. The summed E-state index contributed by atoms with van der Waals surface area (Å²) in [6, 6.07) is 6.06. The van der Waals surface area contributed by atoms with E-state index in [-0.39, 0.29) is 17.5 Å². The van der Waals surface area contributed by atoms with Gasteiger partial charge in [-0.25, -0.2) is 4.79 Å². The lowest BCUT2D eigenvalue weighted by molar-refractivity contribution is 0.0684. The molecule has 0 fully saturated rings. The van der Waals surface area contributed by atoms with Crippen LogP contribution in [0.15, 0.2) is 30.5 Å². The molecule has 2 rings (SSSR count). The Kier molecular flexibility index (Phi) is 4.40. The molecule has 0 aliphatic carbocycles. The number of nitrogens with zero attached hydrogens (tertiary/aromatic N) is 1.